The van der Waals surface area contributed by atoms with E-state index in [1.807, 2.05) is 25.0 Å². The largest absolute Gasteiger partial charge is 0.356 e. The zero-order chi connectivity index (χ0) is 12.7. The maximum absolute atomic E-state index is 4.59. The Bertz CT molecular complexity index is 332. The highest BCUT2D eigenvalue weighted by Gasteiger charge is 2.11. The number of aromatic nitrogens is 2. The maximum Gasteiger partial charge on any atom is 0.147 e. The van der Waals surface area contributed by atoms with Gasteiger partial charge in [-0.25, -0.2) is 4.98 Å². The Morgan fingerprint density at radius 1 is 1.47 bits per heavy atom. The summed E-state index contributed by atoms with van der Waals surface area (Å²) < 4.78 is 0. The van der Waals surface area contributed by atoms with E-state index in [4.69, 9.17) is 0 Å². The molecular weight excluding hydrogens is 232 g/mol. The predicted octanol–water partition coefficient (Wildman–Crippen LogP) is 1.77. The highest BCUT2D eigenvalue weighted by atomic mass is 32.2. The molecule has 0 saturated heterocycles. The van der Waals surface area contributed by atoms with Crippen molar-refractivity contribution < 1.29 is 0 Å². The van der Waals surface area contributed by atoms with Crippen LogP contribution in [0.4, 0.5) is 5.82 Å². The number of nitrogens with one attached hydrogen (secondary N) is 1. The van der Waals surface area contributed by atoms with Crippen LogP contribution in [0.2, 0.25) is 0 Å². The van der Waals surface area contributed by atoms with E-state index in [0.717, 1.165) is 24.5 Å². The molecule has 0 bridgehead atoms. The Morgan fingerprint density at radius 3 is 2.88 bits per heavy atom. The first-order valence-electron chi connectivity index (χ1n) is 5.86. The third kappa shape index (κ3) is 4.52. The van der Waals surface area contributed by atoms with Crippen molar-refractivity contribution in [3.8, 4) is 0 Å². The van der Waals surface area contributed by atoms with Crippen molar-refractivity contribution in [3.05, 3.63) is 18.1 Å². The molecule has 1 heterocycles. The van der Waals surface area contributed by atoms with E-state index in [0.29, 0.717) is 6.04 Å². The van der Waals surface area contributed by atoms with Gasteiger partial charge in [0.15, 0.2) is 0 Å². The van der Waals surface area contributed by atoms with Crippen LogP contribution in [0.1, 0.15) is 19.0 Å². The van der Waals surface area contributed by atoms with Gasteiger partial charge in [0.2, 0.25) is 0 Å². The van der Waals surface area contributed by atoms with E-state index < -0.39 is 0 Å². The monoisotopic (exact) mass is 254 g/mol. The lowest BCUT2D eigenvalue weighted by Crippen LogP contribution is -2.30. The molecule has 1 rings (SSSR count). The van der Waals surface area contributed by atoms with Gasteiger partial charge in [0.1, 0.15) is 5.82 Å². The molecule has 0 fully saturated rings. The summed E-state index contributed by atoms with van der Waals surface area (Å²) in [7, 11) is 4.00. The molecule has 1 N–H and O–H groups in total. The SMILES string of the molecule is CNCc1cncc(N(C)C(C)CCSC)n1. The summed E-state index contributed by atoms with van der Waals surface area (Å²) in [5.41, 5.74) is 0.980. The first kappa shape index (κ1) is 14.3. The Hall–Kier alpha value is -0.810. The van der Waals surface area contributed by atoms with Gasteiger partial charge in [0, 0.05) is 25.8 Å². The van der Waals surface area contributed by atoms with Gasteiger partial charge < -0.3 is 10.2 Å². The summed E-state index contributed by atoms with van der Waals surface area (Å²) in [6.45, 7) is 2.98. The molecule has 0 saturated carbocycles. The van der Waals surface area contributed by atoms with Crippen LogP contribution in [0.3, 0.4) is 0 Å². The second-order valence-corrected chi connectivity index (χ2v) is 5.13. The topological polar surface area (TPSA) is 41.1 Å². The van der Waals surface area contributed by atoms with Crippen LogP contribution in [0.25, 0.3) is 0 Å². The van der Waals surface area contributed by atoms with Crippen LogP contribution >= 0.6 is 11.8 Å². The molecule has 0 aliphatic rings. The molecule has 5 heteroatoms. The van der Waals surface area contributed by atoms with Crippen molar-refractivity contribution in [2.45, 2.75) is 25.9 Å². The van der Waals surface area contributed by atoms with E-state index >= 15 is 0 Å². The Labute approximate surface area is 108 Å². The first-order chi connectivity index (χ1) is 8.19. The Morgan fingerprint density at radius 2 is 2.24 bits per heavy atom. The highest BCUT2D eigenvalue weighted by molar-refractivity contribution is 7.98. The second-order valence-electron chi connectivity index (χ2n) is 4.14. The van der Waals surface area contributed by atoms with Crippen molar-refractivity contribution in [3.63, 3.8) is 0 Å². The van der Waals surface area contributed by atoms with Gasteiger partial charge in [-0.1, -0.05) is 0 Å². The molecule has 0 amide bonds. The number of hydrogen-bond donors (Lipinski definition) is 1. The minimum atomic E-state index is 0.488. The van der Waals surface area contributed by atoms with Crippen LogP contribution in [-0.4, -0.2) is 42.1 Å². The van der Waals surface area contributed by atoms with Crippen molar-refractivity contribution in [2.75, 3.05) is 31.0 Å². The molecule has 1 atom stereocenters. The van der Waals surface area contributed by atoms with Gasteiger partial charge in [-0.2, -0.15) is 11.8 Å². The minimum absolute atomic E-state index is 0.488. The lowest BCUT2D eigenvalue weighted by atomic mass is 10.2. The van der Waals surface area contributed by atoms with Crippen LogP contribution < -0.4 is 10.2 Å². The zero-order valence-electron chi connectivity index (χ0n) is 11.1. The molecule has 17 heavy (non-hydrogen) atoms. The number of nitrogens with zero attached hydrogens (tertiary/aromatic N) is 3. The molecule has 1 unspecified atom stereocenters. The number of rotatable bonds is 7. The number of anilines is 1. The zero-order valence-corrected chi connectivity index (χ0v) is 11.9. The third-order valence-corrected chi connectivity index (χ3v) is 3.44. The fourth-order valence-corrected chi connectivity index (χ4v) is 2.12. The molecule has 0 spiro atoms. The molecule has 4 nitrogen and oxygen atoms in total. The molecule has 1 aromatic heterocycles. The van der Waals surface area contributed by atoms with E-state index in [1.165, 1.54) is 5.75 Å². The normalized spacial score (nSPS) is 12.5. The summed E-state index contributed by atoms with van der Waals surface area (Å²) in [6, 6.07) is 0.488. The molecule has 0 aliphatic heterocycles. The predicted molar refractivity (Wildman–Crippen MR) is 75.7 cm³/mol. The van der Waals surface area contributed by atoms with E-state index in [-0.39, 0.29) is 0 Å². The van der Waals surface area contributed by atoms with E-state index in [2.05, 4.69) is 40.4 Å². The average Bonchev–Trinajstić information content (AvgIpc) is 2.35. The van der Waals surface area contributed by atoms with E-state index in [9.17, 15) is 0 Å². The van der Waals surface area contributed by atoms with Gasteiger partial charge >= 0.3 is 0 Å². The van der Waals surface area contributed by atoms with Gasteiger partial charge in [-0.3, -0.25) is 4.98 Å². The molecule has 96 valence electrons. The Kier molecular flexibility index (Phi) is 6.29. The lowest BCUT2D eigenvalue weighted by Gasteiger charge is -2.25. The van der Waals surface area contributed by atoms with Crippen LogP contribution in [0, 0.1) is 0 Å². The molecular formula is C12H22N4S. The first-order valence-corrected chi connectivity index (χ1v) is 7.25. The van der Waals surface area contributed by atoms with Crippen molar-refractivity contribution >= 4 is 17.6 Å². The standard InChI is InChI=1S/C12H22N4S/c1-10(5-6-17-4)16(3)12-9-14-8-11(15-12)7-13-2/h8-10,13H,5-7H2,1-4H3. The van der Waals surface area contributed by atoms with Crippen LogP contribution in [-0.2, 0) is 6.54 Å². The second kappa shape index (κ2) is 7.50. The van der Waals surface area contributed by atoms with Gasteiger partial charge in [-0.15, -0.1) is 0 Å². The van der Waals surface area contributed by atoms with Gasteiger partial charge in [0.25, 0.3) is 0 Å². The summed E-state index contributed by atoms with van der Waals surface area (Å²) >= 11 is 1.88. The number of hydrogen-bond acceptors (Lipinski definition) is 5. The lowest BCUT2D eigenvalue weighted by molar-refractivity contribution is 0.656. The van der Waals surface area contributed by atoms with E-state index in [1.54, 1.807) is 6.20 Å². The average molecular weight is 254 g/mol. The van der Waals surface area contributed by atoms with Crippen molar-refractivity contribution in [2.24, 2.45) is 0 Å². The fraction of sp³-hybridized carbons (Fsp3) is 0.667. The minimum Gasteiger partial charge on any atom is -0.356 e. The highest BCUT2D eigenvalue weighted by Crippen LogP contribution is 2.14. The smallest absolute Gasteiger partial charge is 0.147 e. The summed E-state index contributed by atoms with van der Waals surface area (Å²) in [4.78, 5) is 11.0. The third-order valence-electron chi connectivity index (χ3n) is 2.79. The molecule has 0 aromatic carbocycles. The number of thioether (sulfide) groups is 1. The summed E-state index contributed by atoms with van der Waals surface area (Å²) in [5.74, 6) is 2.13. The molecule has 0 radical (unpaired) electrons. The van der Waals surface area contributed by atoms with Crippen molar-refractivity contribution in [1.82, 2.24) is 15.3 Å². The van der Waals surface area contributed by atoms with Crippen LogP contribution in [0.5, 0.6) is 0 Å². The molecule has 1 aromatic rings. The van der Waals surface area contributed by atoms with Gasteiger partial charge in [-0.05, 0) is 32.4 Å². The summed E-state index contributed by atoms with van der Waals surface area (Å²) in [5, 5.41) is 3.09. The summed E-state index contributed by atoms with van der Waals surface area (Å²) in [6.07, 6.45) is 6.94. The van der Waals surface area contributed by atoms with Gasteiger partial charge in [0.05, 0.1) is 11.9 Å². The van der Waals surface area contributed by atoms with Crippen molar-refractivity contribution in [1.29, 1.82) is 0 Å². The quantitative estimate of drug-likeness (QED) is 0.803. The maximum atomic E-state index is 4.59. The van der Waals surface area contributed by atoms with Crippen LogP contribution in [0.15, 0.2) is 12.4 Å². The fourth-order valence-electron chi connectivity index (χ4n) is 1.54. The Balaban J connectivity index is 2.66. The molecule has 0 aliphatic carbocycles.